The highest BCUT2D eigenvalue weighted by molar-refractivity contribution is 7.80. The van der Waals surface area contributed by atoms with Crippen molar-refractivity contribution < 1.29 is 24.5 Å². The molecule has 0 atom stereocenters. The third kappa shape index (κ3) is 3.73. The zero-order valence-electron chi connectivity index (χ0n) is 18.6. The van der Waals surface area contributed by atoms with Crippen molar-refractivity contribution in [3.05, 3.63) is 88.7 Å². The van der Waals surface area contributed by atoms with E-state index in [1.165, 1.54) is 24.3 Å². The van der Waals surface area contributed by atoms with Gasteiger partial charge < -0.3 is 41.4 Å². The minimum absolute atomic E-state index is 0.00881. The SMILES string of the molecule is CN/C=C(\N)CNC(=S)Nc1ccc2c(c1)C1(OC2=O)c2ccc(O)cc2Oc2cc(O)ccc21. The smallest absolute Gasteiger partial charge is 0.340 e. The van der Waals surface area contributed by atoms with Gasteiger partial charge in [0.1, 0.15) is 23.0 Å². The maximum atomic E-state index is 13.0. The highest BCUT2D eigenvalue weighted by Crippen LogP contribution is 2.57. The summed E-state index contributed by atoms with van der Waals surface area (Å²) in [6.07, 6.45) is 1.66. The Bertz CT molecular complexity index is 1350. The van der Waals surface area contributed by atoms with E-state index in [9.17, 15) is 15.0 Å². The number of thiocarbonyl (C=S) groups is 1. The van der Waals surface area contributed by atoms with Crippen molar-refractivity contribution in [3.8, 4) is 23.0 Å². The molecule has 2 aliphatic heterocycles. The van der Waals surface area contributed by atoms with Crippen LogP contribution in [-0.4, -0.2) is 34.9 Å². The Labute approximate surface area is 206 Å². The number of hydrogen-bond donors (Lipinski definition) is 6. The molecule has 5 rings (SSSR count). The topological polar surface area (TPSA) is 138 Å². The number of aromatic hydroxyl groups is 2. The second-order valence-electron chi connectivity index (χ2n) is 8.11. The van der Waals surface area contributed by atoms with Crippen molar-refractivity contribution in [3.63, 3.8) is 0 Å². The van der Waals surface area contributed by atoms with E-state index in [1.54, 1.807) is 43.6 Å². The molecule has 0 unspecified atom stereocenters. The fourth-order valence-corrected chi connectivity index (χ4v) is 4.56. The van der Waals surface area contributed by atoms with E-state index < -0.39 is 11.6 Å². The van der Waals surface area contributed by atoms with Gasteiger partial charge in [-0.15, -0.1) is 0 Å². The molecule has 1 spiro atoms. The number of fused-ring (bicyclic) bond motifs is 6. The van der Waals surface area contributed by atoms with Crippen LogP contribution in [0.15, 0.2) is 66.5 Å². The van der Waals surface area contributed by atoms with Crippen molar-refractivity contribution in [1.82, 2.24) is 10.6 Å². The predicted octanol–water partition coefficient (Wildman–Crippen LogP) is 2.97. The summed E-state index contributed by atoms with van der Waals surface area (Å²) in [5, 5.41) is 29.4. The number of esters is 1. The summed E-state index contributed by atoms with van der Waals surface area (Å²) in [4.78, 5) is 13.0. The third-order valence-corrected chi connectivity index (χ3v) is 6.06. The molecule has 0 saturated carbocycles. The second-order valence-corrected chi connectivity index (χ2v) is 8.52. The Balaban J connectivity index is 1.59. The Kier molecular flexibility index (Phi) is 5.37. The molecule has 0 bridgehead atoms. The summed E-state index contributed by atoms with van der Waals surface area (Å²) in [6, 6.07) is 14.4. The van der Waals surface area contributed by atoms with Crippen LogP contribution >= 0.6 is 12.2 Å². The number of carbonyl (C=O) groups is 1. The number of phenols is 2. The summed E-state index contributed by atoms with van der Waals surface area (Å²) >= 11 is 5.39. The first-order valence-electron chi connectivity index (χ1n) is 10.7. The molecule has 178 valence electrons. The molecule has 0 radical (unpaired) electrons. The zero-order valence-corrected chi connectivity index (χ0v) is 19.4. The number of hydrogen-bond acceptors (Lipinski definition) is 8. The molecule has 7 N–H and O–H groups in total. The van der Waals surface area contributed by atoms with Crippen molar-refractivity contribution in [2.45, 2.75) is 5.60 Å². The number of phenolic OH excluding ortho intramolecular Hbond substituents is 2. The van der Waals surface area contributed by atoms with Crippen LogP contribution in [0, 0.1) is 0 Å². The summed E-state index contributed by atoms with van der Waals surface area (Å²) < 4.78 is 12.0. The highest BCUT2D eigenvalue weighted by Gasteiger charge is 2.53. The Morgan fingerprint density at radius 2 is 1.69 bits per heavy atom. The van der Waals surface area contributed by atoms with Gasteiger partial charge in [0.25, 0.3) is 0 Å². The molecule has 2 aliphatic rings. The van der Waals surface area contributed by atoms with E-state index in [-0.39, 0.29) is 11.5 Å². The van der Waals surface area contributed by atoms with Crippen LogP contribution in [0.25, 0.3) is 0 Å². The molecule has 0 aliphatic carbocycles. The van der Waals surface area contributed by atoms with Gasteiger partial charge in [-0.2, -0.15) is 0 Å². The quantitative estimate of drug-likeness (QED) is 0.239. The number of carbonyl (C=O) groups excluding carboxylic acids is 1. The number of anilines is 1. The molecule has 0 aromatic heterocycles. The second kappa shape index (κ2) is 8.41. The van der Waals surface area contributed by atoms with Crippen molar-refractivity contribution in [1.29, 1.82) is 0 Å². The summed E-state index contributed by atoms with van der Waals surface area (Å²) in [5.74, 6) is 0.102. The standard InChI is InChI=1S/C25H22N4O5S/c1-27-11-13(26)12-28-24(35)29-14-2-5-17-20(8-14)25(34-23(17)32)18-6-3-15(30)9-21(18)33-22-10-16(31)4-7-19(22)25/h2-11,27,30-31H,12,26H2,1H3,(H2,28,29,35)/b13-11-. The molecule has 0 saturated heterocycles. The monoisotopic (exact) mass is 490 g/mol. The minimum atomic E-state index is -1.34. The van der Waals surface area contributed by atoms with E-state index in [1.807, 2.05) is 0 Å². The van der Waals surface area contributed by atoms with Gasteiger partial charge in [-0.05, 0) is 54.7 Å². The highest BCUT2D eigenvalue weighted by atomic mass is 32.1. The predicted molar refractivity (Wildman–Crippen MR) is 134 cm³/mol. The van der Waals surface area contributed by atoms with Crippen molar-refractivity contribution >= 4 is 29.0 Å². The first kappa shape index (κ1) is 22.4. The van der Waals surface area contributed by atoms with Crippen molar-refractivity contribution in [2.75, 3.05) is 18.9 Å². The first-order valence-corrected chi connectivity index (χ1v) is 11.1. The lowest BCUT2D eigenvalue weighted by Crippen LogP contribution is -2.33. The van der Waals surface area contributed by atoms with Gasteiger partial charge in [-0.3, -0.25) is 0 Å². The molecular formula is C25H22N4O5S. The number of benzene rings is 3. The minimum Gasteiger partial charge on any atom is -0.508 e. The zero-order chi connectivity index (χ0) is 24.7. The summed E-state index contributed by atoms with van der Waals surface area (Å²) in [7, 11) is 1.75. The number of rotatable bonds is 4. The Morgan fingerprint density at radius 3 is 2.31 bits per heavy atom. The number of ether oxygens (including phenoxy) is 2. The Hall–Kier alpha value is -4.44. The largest absolute Gasteiger partial charge is 0.508 e. The number of nitrogens with one attached hydrogen (secondary N) is 3. The summed E-state index contributed by atoms with van der Waals surface area (Å²) in [6.45, 7) is 0.341. The van der Waals surface area contributed by atoms with E-state index in [0.717, 1.165) is 0 Å². The van der Waals surface area contributed by atoms with Crippen LogP contribution in [0.4, 0.5) is 5.69 Å². The van der Waals surface area contributed by atoms with Gasteiger partial charge in [0.2, 0.25) is 0 Å². The van der Waals surface area contributed by atoms with Gasteiger partial charge in [0.05, 0.1) is 12.1 Å². The number of nitrogens with two attached hydrogens (primary N) is 1. The van der Waals surface area contributed by atoms with Crippen LogP contribution in [0.5, 0.6) is 23.0 Å². The van der Waals surface area contributed by atoms with Crippen LogP contribution in [0.1, 0.15) is 27.0 Å². The molecule has 9 nitrogen and oxygen atoms in total. The molecule has 0 fully saturated rings. The first-order chi connectivity index (χ1) is 16.8. The molecule has 2 heterocycles. The van der Waals surface area contributed by atoms with Gasteiger partial charge >= 0.3 is 5.97 Å². The molecule has 0 amide bonds. The average molecular weight is 491 g/mol. The lowest BCUT2D eigenvalue weighted by Gasteiger charge is -2.36. The lowest BCUT2D eigenvalue weighted by atomic mass is 9.77. The van der Waals surface area contributed by atoms with E-state index >= 15 is 0 Å². The van der Waals surface area contributed by atoms with Gasteiger partial charge in [0, 0.05) is 53.5 Å². The molecule has 3 aromatic carbocycles. The molecular weight excluding hydrogens is 468 g/mol. The van der Waals surface area contributed by atoms with E-state index in [0.29, 0.717) is 56.8 Å². The average Bonchev–Trinajstić information content (AvgIpc) is 3.10. The molecule has 35 heavy (non-hydrogen) atoms. The molecule has 3 aromatic rings. The van der Waals surface area contributed by atoms with Crippen LogP contribution in [0.2, 0.25) is 0 Å². The van der Waals surface area contributed by atoms with E-state index in [4.69, 9.17) is 27.4 Å². The third-order valence-electron chi connectivity index (χ3n) is 5.81. The lowest BCUT2D eigenvalue weighted by molar-refractivity contribution is 0.0224. The van der Waals surface area contributed by atoms with E-state index in [2.05, 4.69) is 16.0 Å². The van der Waals surface area contributed by atoms with Gasteiger partial charge in [-0.25, -0.2) is 4.79 Å². The fourth-order valence-electron chi connectivity index (χ4n) is 4.37. The summed E-state index contributed by atoms with van der Waals surface area (Å²) in [5.41, 5.74) is 7.78. The van der Waals surface area contributed by atoms with Crippen molar-refractivity contribution in [2.24, 2.45) is 5.73 Å². The van der Waals surface area contributed by atoms with Crippen LogP contribution in [-0.2, 0) is 10.3 Å². The van der Waals surface area contributed by atoms with Gasteiger partial charge in [0.15, 0.2) is 10.7 Å². The van der Waals surface area contributed by atoms with Crippen LogP contribution < -0.4 is 26.4 Å². The normalized spacial score (nSPS) is 14.8. The maximum absolute atomic E-state index is 13.0. The Morgan fingerprint density at radius 1 is 1.03 bits per heavy atom. The van der Waals surface area contributed by atoms with Crippen LogP contribution in [0.3, 0.4) is 0 Å². The van der Waals surface area contributed by atoms with Gasteiger partial charge in [-0.1, -0.05) is 0 Å². The maximum Gasteiger partial charge on any atom is 0.340 e. The molecule has 10 heteroatoms. The fraction of sp³-hybridized carbons (Fsp3) is 0.120.